The molecule has 0 saturated heterocycles. The minimum atomic E-state index is -1.08. The number of halogens is 1. The molecule has 4 nitrogen and oxygen atoms in total. The van der Waals surface area contributed by atoms with Crippen molar-refractivity contribution in [2.24, 2.45) is 0 Å². The molecule has 1 aromatic carbocycles. The summed E-state index contributed by atoms with van der Waals surface area (Å²) in [5.41, 5.74) is 2.09. The Morgan fingerprint density at radius 1 is 1.43 bits per heavy atom. The van der Waals surface area contributed by atoms with E-state index >= 15 is 0 Å². The van der Waals surface area contributed by atoms with Crippen LogP contribution in [-0.2, 0) is 11.2 Å². The minimum Gasteiger partial charge on any atom is -0.478 e. The number of aromatic carboxylic acids is 1. The van der Waals surface area contributed by atoms with Crippen LogP contribution in [0.5, 0.6) is 0 Å². The van der Waals surface area contributed by atoms with E-state index in [1.54, 1.807) is 19.9 Å². The predicted molar refractivity (Wildman–Crippen MR) is 76.1 cm³/mol. The average Bonchev–Trinajstić information content (AvgIpc) is 2.36. The average molecular weight is 289 g/mol. The van der Waals surface area contributed by atoms with Gasteiger partial charge in [0.15, 0.2) is 0 Å². The summed E-state index contributed by atoms with van der Waals surface area (Å²) in [5.74, 6) is -1.56. The Bertz CT molecular complexity index is 757. The zero-order valence-corrected chi connectivity index (χ0v) is 12.1. The molecule has 2 aromatic rings. The molecule has 1 aromatic heterocycles. The van der Waals surface area contributed by atoms with Crippen molar-refractivity contribution in [1.82, 2.24) is 4.98 Å². The number of ether oxygens (including phenoxy) is 1. The molecule has 2 unspecified atom stereocenters. The Hall–Kier alpha value is -2.01. The van der Waals surface area contributed by atoms with Crippen molar-refractivity contribution in [1.29, 1.82) is 0 Å². The SMILES string of the molecule is Cc1cc(F)c2nc3c(c(C(=O)O)c2c1)C(C)OC(C)C3. The van der Waals surface area contributed by atoms with Gasteiger partial charge in [-0.2, -0.15) is 0 Å². The van der Waals surface area contributed by atoms with E-state index in [4.69, 9.17) is 4.74 Å². The number of aryl methyl sites for hydroxylation is 1. The lowest BCUT2D eigenvalue weighted by atomic mass is 9.92. The van der Waals surface area contributed by atoms with E-state index in [-0.39, 0.29) is 23.3 Å². The fourth-order valence-corrected chi connectivity index (χ4v) is 3.08. The Labute approximate surface area is 121 Å². The van der Waals surface area contributed by atoms with Crippen LogP contribution in [0, 0.1) is 12.7 Å². The van der Waals surface area contributed by atoms with Crippen LogP contribution in [-0.4, -0.2) is 22.2 Å². The normalized spacial score (nSPS) is 21.3. The van der Waals surface area contributed by atoms with Crippen LogP contribution >= 0.6 is 0 Å². The van der Waals surface area contributed by atoms with Gasteiger partial charge in [0.25, 0.3) is 0 Å². The molecule has 3 rings (SSSR count). The van der Waals surface area contributed by atoms with Crippen LogP contribution in [0.25, 0.3) is 10.9 Å². The number of carboxylic acid groups (broad SMARTS) is 1. The maximum absolute atomic E-state index is 14.2. The molecule has 110 valence electrons. The number of carboxylic acids is 1. The number of nitrogens with zero attached hydrogens (tertiary/aromatic N) is 1. The van der Waals surface area contributed by atoms with Crippen molar-refractivity contribution in [3.05, 3.63) is 40.3 Å². The summed E-state index contributed by atoms with van der Waals surface area (Å²) in [6.45, 7) is 5.44. The van der Waals surface area contributed by atoms with E-state index in [2.05, 4.69) is 4.98 Å². The Morgan fingerprint density at radius 2 is 2.14 bits per heavy atom. The molecular weight excluding hydrogens is 273 g/mol. The molecule has 5 heteroatoms. The van der Waals surface area contributed by atoms with E-state index < -0.39 is 11.8 Å². The quantitative estimate of drug-likeness (QED) is 0.874. The molecule has 0 fully saturated rings. The molecule has 2 heterocycles. The van der Waals surface area contributed by atoms with Crippen molar-refractivity contribution in [2.75, 3.05) is 0 Å². The number of pyridine rings is 1. The fourth-order valence-electron chi connectivity index (χ4n) is 3.08. The second kappa shape index (κ2) is 4.77. The largest absolute Gasteiger partial charge is 0.478 e. The Kier molecular flexibility index (Phi) is 3.17. The molecule has 0 amide bonds. The second-order valence-electron chi connectivity index (χ2n) is 5.59. The molecular formula is C16H16FNO3. The number of aromatic nitrogens is 1. The standard InChI is InChI=1S/C16H16FNO3/c1-7-4-10-14(16(19)20)13-9(3)21-8(2)6-12(13)18-15(10)11(17)5-7/h4-5,8-9H,6H2,1-3H3,(H,19,20). The molecule has 0 spiro atoms. The lowest BCUT2D eigenvalue weighted by Gasteiger charge is -2.29. The van der Waals surface area contributed by atoms with Crippen LogP contribution in [0.15, 0.2) is 12.1 Å². The summed E-state index contributed by atoms with van der Waals surface area (Å²) in [4.78, 5) is 16.1. The Balaban J connectivity index is 2.45. The number of hydrogen-bond acceptors (Lipinski definition) is 3. The van der Waals surface area contributed by atoms with Gasteiger partial charge in [0.1, 0.15) is 11.3 Å². The van der Waals surface area contributed by atoms with Gasteiger partial charge in [-0.25, -0.2) is 14.2 Å². The molecule has 0 bridgehead atoms. The van der Waals surface area contributed by atoms with Crippen molar-refractivity contribution in [3.63, 3.8) is 0 Å². The molecule has 0 saturated carbocycles. The molecule has 0 radical (unpaired) electrons. The third kappa shape index (κ3) is 2.17. The van der Waals surface area contributed by atoms with Crippen molar-refractivity contribution >= 4 is 16.9 Å². The van der Waals surface area contributed by atoms with Gasteiger partial charge in [0, 0.05) is 17.4 Å². The van der Waals surface area contributed by atoms with Crippen molar-refractivity contribution in [2.45, 2.75) is 39.4 Å². The van der Waals surface area contributed by atoms with E-state index in [0.717, 1.165) is 0 Å². The third-order valence-corrected chi connectivity index (χ3v) is 3.84. The van der Waals surface area contributed by atoms with Gasteiger partial charge in [0.2, 0.25) is 0 Å². The number of benzene rings is 1. The molecule has 21 heavy (non-hydrogen) atoms. The van der Waals surface area contributed by atoms with Gasteiger partial charge in [-0.3, -0.25) is 0 Å². The summed E-state index contributed by atoms with van der Waals surface area (Å²) in [6, 6.07) is 3.04. The van der Waals surface area contributed by atoms with Crippen molar-refractivity contribution < 1.29 is 19.0 Å². The summed E-state index contributed by atoms with van der Waals surface area (Å²) in [5, 5.41) is 9.94. The van der Waals surface area contributed by atoms with E-state index in [9.17, 15) is 14.3 Å². The van der Waals surface area contributed by atoms with E-state index in [0.29, 0.717) is 28.6 Å². The first kappa shape index (κ1) is 13.9. The highest BCUT2D eigenvalue weighted by molar-refractivity contribution is 6.04. The highest BCUT2D eigenvalue weighted by atomic mass is 19.1. The highest BCUT2D eigenvalue weighted by Crippen LogP contribution is 2.36. The summed E-state index contributed by atoms with van der Waals surface area (Å²) >= 11 is 0. The number of rotatable bonds is 1. The number of hydrogen-bond donors (Lipinski definition) is 1. The molecule has 1 N–H and O–H groups in total. The zero-order valence-electron chi connectivity index (χ0n) is 12.1. The maximum atomic E-state index is 14.2. The van der Waals surface area contributed by atoms with Gasteiger partial charge in [0.05, 0.1) is 23.5 Å². The summed E-state index contributed by atoms with van der Waals surface area (Å²) in [6.07, 6.45) is 0.0615. The fraction of sp³-hybridized carbons (Fsp3) is 0.375. The van der Waals surface area contributed by atoms with Crippen LogP contribution < -0.4 is 0 Å². The van der Waals surface area contributed by atoms with Gasteiger partial charge < -0.3 is 9.84 Å². The molecule has 1 aliphatic rings. The van der Waals surface area contributed by atoms with Crippen LogP contribution in [0.4, 0.5) is 4.39 Å². The predicted octanol–water partition coefficient (Wildman–Crippen LogP) is 3.40. The Morgan fingerprint density at radius 3 is 2.81 bits per heavy atom. The first-order valence-electron chi connectivity index (χ1n) is 6.90. The van der Waals surface area contributed by atoms with Gasteiger partial charge in [-0.05, 0) is 38.5 Å². The molecule has 2 atom stereocenters. The summed E-state index contributed by atoms with van der Waals surface area (Å²) in [7, 11) is 0. The monoisotopic (exact) mass is 289 g/mol. The van der Waals surface area contributed by atoms with Crippen LogP contribution in [0.2, 0.25) is 0 Å². The minimum absolute atomic E-state index is 0.0624. The smallest absolute Gasteiger partial charge is 0.336 e. The molecule has 1 aliphatic heterocycles. The number of carbonyl (C=O) groups is 1. The third-order valence-electron chi connectivity index (χ3n) is 3.84. The molecule has 0 aliphatic carbocycles. The second-order valence-corrected chi connectivity index (χ2v) is 5.59. The topological polar surface area (TPSA) is 59.4 Å². The maximum Gasteiger partial charge on any atom is 0.336 e. The van der Waals surface area contributed by atoms with E-state index in [1.807, 2.05) is 6.92 Å². The van der Waals surface area contributed by atoms with Crippen molar-refractivity contribution in [3.8, 4) is 0 Å². The van der Waals surface area contributed by atoms with Gasteiger partial charge >= 0.3 is 5.97 Å². The first-order valence-corrected chi connectivity index (χ1v) is 6.90. The van der Waals surface area contributed by atoms with E-state index in [1.165, 1.54) is 6.07 Å². The summed E-state index contributed by atoms with van der Waals surface area (Å²) < 4.78 is 19.9. The first-order chi connectivity index (χ1) is 9.88. The van der Waals surface area contributed by atoms with Crippen LogP contribution in [0.3, 0.4) is 0 Å². The number of fused-ring (bicyclic) bond motifs is 2. The lowest BCUT2D eigenvalue weighted by Crippen LogP contribution is -2.26. The van der Waals surface area contributed by atoms with Gasteiger partial charge in [-0.1, -0.05) is 0 Å². The lowest BCUT2D eigenvalue weighted by molar-refractivity contribution is -0.00662. The van der Waals surface area contributed by atoms with Gasteiger partial charge in [-0.15, -0.1) is 0 Å². The zero-order chi connectivity index (χ0) is 15.3. The highest BCUT2D eigenvalue weighted by Gasteiger charge is 2.30. The van der Waals surface area contributed by atoms with Crippen LogP contribution in [0.1, 0.15) is 47.1 Å².